The van der Waals surface area contributed by atoms with Gasteiger partial charge in [-0.3, -0.25) is 0 Å². The molecule has 5 heteroatoms. The van der Waals surface area contributed by atoms with Gasteiger partial charge in [0.25, 0.3) is 0 Å². The first-order valence-electron chi connectivity index (χ1n) is 5.62. The Bertz CT molecular complexity index is 604. The third-order valence-electron chi connectivity index (χ3n) is 2.80. The van der Waals surface area contributed by atoms with E-state index in [1.165, 1.54) is 6.07 Å². The molecule has 19 heavy (non-hydrogen) atoms. The van der Waals surface area contributed by atoms with Crippen molar-refractivity contribution in [3.05, 3.63) is 67.9 Å². The normalized spacial score (nSPS) is 12.5. The zero-order valence-corrected chi connectivity index (χ0v) is 12.9. The minimum Gasteiger partial charge on any atom is -0.324 e. The van der Waals surface area contributed by atoms with Crippen molar-refractivity contribution in [1.82, 2.24) is 0 Å². The standard InChI is InChI=1S/C14H11BrCl2FN/c15-11-3-2-9(16)7-10(11)14(19)6-8-1-4-13(18)12(17)5-8/h1-5,7,14H,6,19H2. The molecule has 2 N–H and O–H groups in total. The number of rotatable bonds is 3. The van der Waals surface area contributed by atoms with Crippen LogP contribution in [0.25, 0.3) is 0 Å². The van der Waals surface area contributed by atoms with Gasteiger partial charge in [0, 0.05) is 15.5 Å². The number of nitrogens with two attached hydrogens (primary N) is 1. The van der Waals surface area contributed by atoms with Crippen LogP contribution < -0.4 is 5.73 Å². The van der Waals surface area contributed by atoms with Gasteiger partial charge in [-0.05, 0) is 47.9 Å². The Morgan fingerprint density at radius 1 is 1.16 bits per heavy atom. The van der Waals surface area contributed by atoms with Gasteiger partial charge in [-0.25, -0.2) is 4.39 Å². The van der Waals surface area contributed by atoms with Gasteiger partial charge in [0.05, 0.1) is 5.02 Å². The fourth-order valence-electron chi connectivity index (χ4n) is 1.83. The molecule has 0 saturated carbocycles. The molecule has 0 radical (unpaired) electrons. The lowest BCUT2D eigenvalue weighted by Gasteiger charge is -2.14. The van der Waals surface area contributed by atoms with Crippen molar-refractivity contribution in [3.8, 4) is 0 Å². The Kier molecular flexibility index (Phi) is 4.85. The maximum absolute atomic E-state index is 13.1. The van der Waals surface area contributed by atoms with Crippen molar-refractivity contribution in [2.24, 2.45) is 5.73 Å². The van der Waals surface area contributed by atoms with E-state index < -0.39 is 5.82 Å². The molecular weight excluding hydrogens is 352 g/mol. The van der Waals surface area contributed by atoms with Gasteiger partial charge in [0.1, 0.15) is 5.82 Å². The first kappa shape index (κ1) is 14.8. The van der Waals surface area contributed by atoms with E-state index in [0.717, 1.165) is 15.6 Å². The molecule has 100 valence electrons. The van der Waals surface area contributed by atoms with Gasteiger partial charge in [0.15, 0.2) is 0 Å². The van der Waals surface area contributed by atoms with Gasteiger partial charge in [-0.2, -0.15) is 0 Å². The second-order valence-electron chi connectivity index (χ2n) is 4.22. The highest BCUT2D eigenvalue weighted by Gasteiger charge is 2.12. The zero-order valence-electron chi connectivity index (χ0n) is 9.84. The summed E-state index contributed by atoms with van der Waals surface area (Å²) in [5.74, 6) is -0.428. The molecule has 2 aromatic carbocycles. The number of benzene rings is 2. The van der Waals surface area contributed by atoms with Crippen molar-refractivity contribution in [2.45, 2.75) is 12.5 Å². The highest BCUT2D eigenvalue weighted by atomic mass is 79.9. The highest BCUT2D eigenvalue weighted by molar-refractivity contribution is 9.10. The molecule has 0 aliphatic rings. The van der Waals surface area contributed by atoms with E-state index in [9.17, 15) is 4.39 Å². The Morgan fingerprint density at radius 2 is 1.89 bits per heavy atom. The summed E-state index contributed by atoms with van der Waals surface area (Å²) in [5.41, 5.74) is 7.95. The quantitative estimate of drug-likeness (QED) is 0.803. The van der Waals surface area contributed by atoms with E-state index in [1.807, 2.05) is 12.1 Å². The van der Waals surface area contributed by atoms with Crippen LogP contribution in [0.1, 0.15) is 17.2 Å². The van der Waals surface area contributed by atoms with Crippen LogP contribution in [-0.2, 0) is 6.42 Å². The van der Waals surface area contributed by atoms with Gasteiger partial charge >= 0.3 is 0 Å². The first-order chi connectivity index (χ1) is 8.97. The van der Waals surface area contributed by atoms with Gasteiger partial charge in [0.2, 0.25) is 0 Å². The van der Waals surface area contributed by atoms with Crippen LogP contribution in [0, 0.1) is 5.82 Å². The Balaban J connectivity index is 2.22. The minimum atomic E-state index is -0.428. The largest absolute Gasteiger partial charge is 0.324 e. The van der Waals surface area contributed by atoms with E-state index in [1.54, 1.807) is 18.2 Å². The third kappa shape index (κ3) is 3.69. The average Bonchev–Trinajstić information content (AvgIpc) is 2.36. The lowest BCUT2D eigenvalue weighted by atomic mass is 10.00. The molecular formula is C14H11BrCl2FN. The summed E-state index contributed by atoms with van der Waals surface area (Å²) < 4.78 is 14.0. The van der Waals surface area contributed by atoms with Gasteiger partial charge < -0.3 is 5.73 Å². The van der Waals surface area contributed by atoms with E-state index in [2.05, 4.69) is 15.9 Å². The molecule has 0 aliphatic carbocycles. The summed E-state index contributed by atoms with van der Waals surface area (Å²) in [4.78, 5) is 0. The summed E-state index contributed by atoms with van der Waals surface area (Å²) >= 11 is 15.2. The first-order valence-corrected chi connectivity index (χ1v) is 7.16. The molecule has 0 amide bonds. The summed E-state index contributed by atoms with van der Waals surface area (Å²) in [6, 6.07) is 9.84. The summed E-state index contributed by atoms with van der Waals surface area (Å²) in [5, 5.41) is 0.737. The average molecular weight is 363 g/mol. The fraction of sp³-hybridized carbons (Fsp3) is 0.143. The lowest BCUT2D eigenvalue weighted by Crippen LogP contribution is -2.14. The third-order valence-corrected chi connectivity index (χ3v) is 4.04. The SMILES string of the molecule is NC(Cc1ccc(F)c(Cl)c1)c1cc(Cl)ccc1Br. The van der Waals surface area contributed by atoms with Crippen molar-refractivity contribution >= 4 is 39.1 Å². The van der Waals surface area contributed by atoms with E-state index in [-0.39, 0.29) is 11.1 Å². The second kappa shape index (κ2) is 6.23. The van der Waals surface area contributed by atoms with Crippen molar-refractivity contribution < 1.29 is 4.39 Å². The zero-order chi connectivity index (χ0) is 14.0. The van der Waals surface area contributed by atoms with Crippen molar-refractivity contribution in [2.75, 3.05) is 0 Å². The molecule has 0 bridgehead atoms. The molecule has 0 aliphatic heterocycles. The number of hydrogen-bond acceptors (Lipinski definition) is 1. The van der Waals surface area contributed by atoms with Crippen LogP contribution in [0.3, 0.4) is 0 Å². The fourth-order valence-corrected chi connectivity index (χ4v) is 2.75. The predicted molar refractivity (Wildman–Crippen MR) is 81.2 cm³/mol. The molecule has 0 saturated heterocycles. The molecule has 0 aromatic heterocycles. The van der Waals surface area contributed by atoms with Crippen LogP contribution in [0.2, 0.25) is 10.0 Å². The van der Waals surface area contributed by atoms with Crippen LogP contribution in [0.5, 0.6) is 0 Å². The maximum Gasteiger partial charge on any atom is 0.141 e. The summed E-state index contributed by atoms with van der Waals surface area (Å²) in [7, 11) is 0. The van der Waals surface area contributed by atoms with Crippen molar-refractivity contribution in [3.63, 3.8) is 0 Å². The molecule has 1 unspecified atom stereocenters. The molecule has 0 spiro atoms. The van der Waals surface area contributed by atoms with Crippen molar-refractivity contribution in [1.29, 1.82) is 0 Å². The smallest absolute Gasteiger partial charge is 0.141 e. The maximum atomic E-state index is 13.1. The van der Waals surface area contributed by atoms with E-state index in [4.69, 9.17) is 28.9 Å². The molecule has 0 heterocycles. The minimum absolute atomic E-state index is 0.106. The molecule has 0 fully saturated rings. The topological polar surface area (TPSA) is 26.0 Å². The van der Waals surface area contributed by atoms with E-state index in [0.29, 0.717) is 11.4 Å². The van der Waals surface area contributed by atoms with Gasteiger partial charge in [-0.1, -0.05) is 45.2 Å². The van der Waals surface area contributed by atoms with Gasteiger partial charge in [-0.15, -0.1) is 0 Å². The van der Waals surface area contributed by atoms with Crippen LogP contribution in [0.4, 0.5) is 4.39 Å². The van der Waals surface area contributed by atoms with E-state index >= 15 is 0 Å². The number of hydrogen-bond donors (Lipinski definition) is 1. The molecule has 2 rings (SSSR count). The Labute approximate surface area is 129 Å². The molecule has 2 aromatic rings. The lowest BCUT2D eigenvalue weighted by molar-refractivity contribution is 0.626. The monoisotopic (exact) mass is 361 g/mol. The highest BCUT2D eigenvalue weighted by Crippen LogP contribution is 2.28. The Hall–Kier alpha value is -0.610. The van der Waals surface area contributed by atoms with Crippen LogP contribution in [-0.4, -0.2) is 0 Å². The molecule has 1 atom stereocenters. The Morgan fingerprint density at radius 3 is 2.58 bits per heavy atom. The summed E-state index contributed by atoms with van der Waals surface area (Å²) in [6.07, 6.45) is 0.555. The van der Waals surface area contributed by atoms with Crippen LogP contribution >= 0.6 is 39.1 Å². The predicted octanol–water partition coefficient (Wildman–Crippen LogP) is 5.14. The second-order valence-corrected chi connectivity index (χ2v) is 5.92. The number of halogens is 4. The summed E-state index contributed by atoms with van der Waals surface area (Å²) in [6.45, 7) is 0. The molecule has 1 nitrogen and oxygen atoms in total. The van der Waals surface area contributed by atoms with Crippen LogP contribution in [0.15, 0.2) is 40.9 Å².